The third-order valence-corrected chi connectivity index (χ3v) is 3.20. The molecule has 0 aromatic heterocycles. The van der Waals surface area contributed by atoms with Gasteiger partial charge >= 0.3 is 12.7 Å². The Labute approximate surface area is 150 Å². The number of carbonyl (C=O) groups excluding carboxylic acids is 1. The number of benzene rings is 1. The molecule has 1 amide bonds. The summed E-state index contributed by atoms with van der Waals surface area (Å²) in [6, 6.07) is 4.54. The summed E-state index contributed by atoms with van der Waals surface area (Å²) in [4.78, 5) is 27.1. The number of alkyl halides is 2. The van der Waals surface area contributed by atoms with E-state index in [1.54, 1.807) is 34.6 Å². The highest BCUT2D eigenvalue weighted by molar-refractivity contribution is 5.99. The van der Waals surface area contributed by atoms with Gasteiger partial charge in [0, 0.05) is 5.56 Å². The van der Waals surface area contributed by atoms with E-state index in [4.69, 9.17) is 4.74 Å². The Hall–Kier alpha value is -2.58. The third kappa shape index (κ3) is 7.54. The van der Waals surface area contributed by atoms with Crippen molar-refractivity contribution in [2.75, 3.05) is 0 Å². The molecular formula is C17H23F2N3O4. The Morgan fingerprint density at radius 2 is 1.88 bits per heavy atom. The topological polar surface area (TPSA) is 89.4 Å². The molecule has 26 heavy (non-hydrogen) atoms. The third-order valence-electron chi connectivity index (χ3n) is 3.20. The molecule has 1 aromatic carbocycles. The van der Waals surface area contributed by atoms with Gasteiger partial charge in [-0.1, -0.05) is 12.1 Å². The fourth-order valence-corrected chi connectivity index (χ4v) is 1.88. The second-order valence-corrected chi connectivity index (χ2v) is 6.63. The Morgan fingerprint density at radius 3 is 2.42 bits per heavy atom. The van der Waals surface area contributed by atoms with Crippen LogP contribution in [-0.2, 0) is 4.74 Å². The van der Waals surface area contributed by atoms with Crippen molar-refractivity contribution >= 4 is 11.9 Å². The van der Waals surface area contributed by atoms with Crippen molar-refractivity contribution in [3.05, 3.63) is 34.7 Å². The lowest BCUT2D eigenvalue weighted by Crippen LogP contribution is -2.42. The van der Waals surface area contributed by atoms with Crippen LogP contribution in [0.3, 0.4) is 0 Å². The number of carbonyl (C=O) groups is 1. The number of ether oxygens (including phenoxy) is 2. The molecular weight excluding hydrogens is 348 g/mol. The van der Waals surface area contributed by atoms with Crippen LogP contribution in [0.2, 0.25) is 0 Å². The Kier molecular flexibility index (Phi) is 7.60. The predicted octanol–water partition coefficient (Wildman–Crippen LogP) is 4.10. The van der Waals surface area contributed by atoms with E-state index in [0.717, 1.165) is 0 Å². The zero-order chi connectivity index (χ0) is 19.9. The van der Waals surface area contributed by atoms with Crippen LogP contribution >= 0.6 is 0 Å². The Bertz CT molecular complexity index is 660. The number of halogens is 2. The molecule has 1 N–H and O–H groups in total. The van der Waals surface area contributed by atoms with Crippen LogP contribution in [0.15, 0.2) is 34.4 Å². The Morgan fingerprint density at radius 1 is 1.23 bits per heavy atom. The summed E-state index contributed by atoms with van der Waals surface area (Å²) in [5.74, 6) is -0.295. The lowest BCUT2D eigenvalue weighted by atomic mass is 10.1. The molecule has 0 fully saturated rings. The van der Waals surface area contributed by atoms with Crippen LogP contribution in [0.5, 0.6) is 5.75 Å². The molecule has 0 saturated heterocycles. The van der Waals surface area contributed by atoms with Crippen LogP contribution in [0.1, 0.15) is 40.2 Å². The quantitative estimate of drug-likeness (QED) is 0.463. The minimum absolute atomic E-state index is 0.110. The van der Waals surface area contributed by atoms with E-state index in [2.05, 4.69) is 20.2 Å². The van der Waals surface area contributed by atoms with E-state index >= 15 is 0 Å². The fourth-order valence-electron chi connectivity index (χ4n) is 1.88. The van der Waals surface area contributed by atoms with Gasteiger partial charge in [-0.25, -0.2) is 4.79 Å². The summed E-state index contributed by atoms with van der Waals surface area (Å²) in [6.45, 7) is 5.60. The zero-order valence-electron chi connectivity index (χ0n) is 15.3. The molecule has 0 heterocycles. The predicted molar refractivity (Wildman–Crippen MR) is 93.7 cm³/mol. The number of amides is 1. The number of nitrogens with one attached hydrogen (secondary N) is 1. The van der Waals surface area contributed by atoms with E-state index in [9.17, 15) is 18.5 Å². The van der Waals surface area contributed by atoms with Crippen molar-refractivity contribution in [1.29, 1.82) is 0 Å². The van der Waals surface area contributed by atoms with E-state index in [1.165, 1.54) is 24.3 Å². The van der Waals surface area contributed by atoms with Gasteiger partial charge in [0.25, 0.3) is 0 Å². The van der Waals surface area contributed by atoms with E-state index in [-0.39, 0.29) is 17.1 Å². The van der Waals surface area contributed by atoms with Crippen LogP contribution in [-0.4, -0.2) is 36.2 Å². The maximum Gasteiger partial charge on any atom is 0.407 e. The highest BCUT2D eigenvalue weighted by Crippen LogP contribution is 2.18. The lowest BCUT2D eigenvalue weighted by Gasteiger charge is -2.23. The fraction of sp³-hybridized carbons (Fsp3) is 0.529. The lowest BCUT2D eigenvalue weighted by molar-refractivity contribution is -0.0498. The van der Waals surface area contributed by atoms with Gasteiger partial charge in [-0.3, -0.25) is 4.99 Å². The first-order valence-corrected chi connectivity index (χ1v) is 7.97. The van der Waals surface area contributed by atoms with Crippen molar-refractivity contribution < 1.29 is 23.0 Å². The standard InChI is InChI=1S/C17H23F2N3O4/c1-10(11(2)21-16(23)26-17(3,4)5)20-14(22-24)12-7-6-8-13(9-12)25-15(18)19/h6-11,15H,1-5H3,(H,21,23)/t10?,11-/m0/s1. The molecule has 0 aliphatic heterocycles. The molecule has 0 spiro atoms. The minimum atomic E-state index is -2.98. The summed E-state index contributed by atoms with van der Waals surface area (Å²) in [5, 5.41) is 5.47. The Balaban J connectivity index is 2.87. The van der Waals surface area contributed by atoms with Gasteiger partial charge in [-0.2, -0.15) is 8.78 Å². The van der Waals surface area contributed by atoms with Gasteiger partial charge in [-0.15, -0.1) is 4.91 Å². The van der Waals surface area contributed by atoms with Crippen molar-refractivity contribution in [1.82, 2.24) is 5.32 Å². The molecule has 0 bridgehead atoms. The van der Waals surface area contributed by atoms with Crippen molar-refractivity contribution in [2.24, 2.45) is 10.2 Å². The number of amidine groups is 1. The number of hydrogen-bond donors (Lipinski definition) is 1. The number of hydrogen-bond acceptors (Lipinski definition) is 5. The zero-order valence-corrected chi connectivity index (χ0v) is 15.3. The van der Waals surface area contributed by atoms with Gasteiger partial charge in [0.05, 0.1) is 12.1 Å². The molecule has 9 heteroatoms. The summed E-state index contributed by atoms with van der Waals surface area (Å²) < 4.78 is 34.1. The SMILES string of the molecule is CC(N=C(N=O)c1cccc(OC(F)F)c1)[C@H](C)NC(=O)OC(C)(C)C. The molecule has 2 atom stereocenters. The van der Waals surface area contributed by atoms with Gasteiger partial charge in [0.2, 0.25) is 0 Å². The van der Waals surface area contributed by atoms with Gasteiger partial charge < -0.3 is 14.8 Å². The van der Waals surface area contributed by atoms with Crippen LogP contribution < -0.4 is 10.1 Å². The highest BCUT2D eigenvalue weighted by Gasteiger charge is 2.21. The first-order valence-electron chi connectivity index (χ1n) is 7.97. The molecule has 144 valence electrons. The molecule has 1 unspecified atom stereocenters. The number of rotatable bonds is 6. The normalized spacial score (nSPS) is 14.5. The van der Waals surface area contributed by atoms with Gasteiger partial charge in [0.15, 0.2) is 5.84 Å². The monoisotopic (exact) mass is 371 g/mol. The van der Waals surface area contributed by atoms with Crippen LogP contribution in [0, 0.1) is 4.91 Å². The summed E-state index contributed by atoms with van der Waals surface area (Å²) in [5.41, 5.74) is -0.411. The molecule has 0 aliphatic carbocycles. The first-order chi connectivity index (χ1) is 12.0. The van der Waals surface area contributed by atoms with Crippen LogP contribution in [0.25, 0.3) is 0 Å². The molecule has 0 radical (unpaired) electrons. The molecule has 1 aromatic rings. The second kappa shape index (κ2) is 9.21. The smallest absolute Gasteiger partial charge is 0.407 e. The highest BCUT2D eigenvalue weighted by atomic mass is 19.3. The first kappa shape index (κ1) is 21.5. The average molecular weight is 371 g/mol. The van der Waals surface area contributed by atoms with Crippen LogP contribution in [0.4, 0.5) is 13.6 Å². The minimum Gasteiger partial charge on any atom is -0.444 e. The maximum absolute atomic E-state index is 12.3. The summed E-state index contributed by atoms with van der Waals surface area (Å²) in [6.07, 6.45) is -0.611. The molecule has 0 aliphatic rings. The van der Waals surface area contributed by atoms with Crippen molar-refractivity contribution in [2.45, 2.75) is 58.9 Å². The van der Waals surface area contributed by atoms with Gasteiger partial charge in [0.1, 0.15) is 11.4 Å². The number of nitrogens with zero attached hydrogens (tertiary/aromatic N) is 2. The maximum atomic E-state index is 12.3. The molecule has 7 nitrogen and oxygen atoms in total. The summed E-state index contributed by atoms with van der Waals surface area (Å²) in [7, 11) is 0. The molecule has 1 rings (SSSR count). The van der Waals surface area contributed by atoms with E-state index in [0.29, 0.717) is 0 Å². The largest absolute Gasteiger partial charge is 0.444 e. The molecule has 0 saturated carbocycles. The van der Waals surface area contributed by atoms with E-state index < -0.39 is 30.4 Å². The number of aliphatic imine (C=N–C) groups is 1. The van der Waals surface area contributed by atoms with E-state index in [1.807, 2.05) is 0 Å². The number of nitroso groups, excluding NO2 is 1. The van der Waals surface area contributed by atoms with Crippen molar-refractivity contribution in [3.63, 3.8) is 0 Å². The summed E-state index contributed by atoms with van der Waals surface area (Å²) >= 11 is 0. The van der Waals surface area contributed by atoms with Gasteiger partial charge in [-0.05, 0) is 51.9 Å². The number of alkyl carbamates (subject to hydrolysis) is 1. The van der Waals surface area contributed by atoms with Crippen molar-refractivity contribution in [3.8, 4) is 5.75 Å². The average Bonchev–Trinajstić information content (AvgIpc) is 2.49. The second-order valence-electron chi connectivity index (χ2n) is 6.63.